The number of hydrogen-bond acceptors (Lipinski definition) is 2. The first-order chi connectivity index (χ1) is 6.70. The molecule has 14 heavy (non-hydrogen) atoms. The van der Waals surface area contributed by atoms with Crippen LogP contribution >= 0.6 is 0 Å². The summed E-state index contributed by atoms with van der Waals surface area (Å²) < 4.78 is 0. The highest BCUT2D eigenvalue weighted by atomic mass is 16.4. The number of carboxylic acid groups (broad SMARTS) is 1. The van der Waals surface area contributed by atoms with E-state index in [1.54, 1.807) is 12.1 Å². The molecule has 0 aliphatic carbocycles. The zero-order valence-electron chi connectivity index (χ0n) is 7.21. The summed E-state index contributed by atoms with van der Waals surface area (Å²) in [6.45, 7) is 3.50. The fourth-order valence-corrected chi connectivity index (χ4v) is 1.05. The molecule has 1 aromatic carbocycles. The normalized spacial score (nSPS) is 8.86. The largest absolute Gasteiger partial charge is 0.478 e. The van der Waals surface area contributed by atoms with Crippen molar-refractivity contribution in [3.05, 3.63) is 46.3 Å². The summed E-state index contributed by atoms with van der Waals surface area (Å²) in [4.78, 5) is 13.3. The lowest BCUT2D eigenvalue weighted by Gasteiger charge is -2.02. The summed E-state index contributed by atoms with van der Waals surface area (Å²) in [5, 5.41) is 12.1. The number of azide groups is 1. The Balaban J connectivity index is 3.50. The lowest BCUT2D eigenvalue weighted by Crippen LogP contribution is -1.97. The van der Waals surface area contributed by atoms with Crippen LogP contribution in [-0.4, -0.2) is 11.1 Å². The molecule has 70 valence electrons. The predicted molar refractivity (Wildman–Crippen MR) is 52.3 cm³/mol. The standard InChI is InChI=1S/C9H7N3O2/c1-2-6-4-3-5-7(9(13)14)8(6)11-12-10/h2-5H,1H2,(H,13,14). The van der Waals surface area contributed by atoms with E-state index in [2.05, 4.69) is 16.6 Å². The molecule has 5 nitrogen and oxygen atoms in total. The molecule has 0 unspecified atom stereocenters. The molecule has 0 aliphatic heterocycles. The fourth-order valence-electron chi connectivity index (χ4n) is 1.05. The maximum Gasteiger partial charge on any atom is 0.336 e. The van der Waals surface area contributed by atoms with Gasteiger partial charge in [-0.3, -0.25) is 0 Å². The minimum Gasteiger partial charge on any atom is -0.478 e. The van der Waals surface area contributed by atoms with E-state index >= 15 is 0 Å². The van der Waals surface area contributed by atoms with E-state index in [0.717, 1.165) is 0 Å². The maximum atomic E-state index is 10.7. The number of nitrogens with zero attached hydrogens (tertiary/aromatic N) is 3. The molecular weight excluding hydrogens is 182 g/mol. The molecule has 5 heteroatoms. The van der Waals surface area contributed by atoms with Gasteiger partial charge in [-0.25, -0.2) is 4.79 Å². The van der Waals surface area contributed by atoms with Crippen molar-refractivity contribution in [2.75, 3.05) is 0 Å². The molecule has 1 aromatic rings. The van der Waals surface area contributed by atoms with Crippen LogP contribution in [0.4, 0.5) is 5.69 Å². The fraction of sp³-hybridized carbons (Fsp3) is 0. The molecule has 0 saturated heterocycles. The van der Waals surface area contributed by atoms with Gasteiger partial charge in [0.05, 0.1) is 11.3 Å². The van der Waals surface area contributed by atoms with Crippen LogP contribution in [0.1, 0.15) is 15.9 Å². The molecule has 1 N–H and O–H groups in total. The minimum absolute atomic E-state index is 0.0276. The van der Waals surface area contributed by atoms with Crippen molar-refractivity contribution >= 4 is 17.7 Å². The first-order valence-corrected chi connectivity index (χ1v) is 3.74. The van der Waals surface area contributed by atoms with Gasteiger partial charge in [-0.15, -0.1) is 0 Å². The van der Waals surface area contributed by atoms with Crippen LogP contribution in [0, 0.1) is 0 Å². The topological polar surface area (TPSA) is 86.1 Å². The number of carboxylic acids is 1. The van der Waals surface area contributed by atoms with Crippen LogP contribution in [0.2, 0.25) is 0 Å². The van der Waals surface area contributed by atoms with Gasteiger partial charge in [0, 0.05) is 4.91 Å². The second-order valence-corrected chi connectivity index (χ2v) is 2.44. The minimum atomic E-state index is -1.13. The van der Waals surface area contributed by atoms with Gasteiger partial charge >= 0.3 is 5.97 Å². The van der Waals surface area contributed by atoms with E-state index in [-0.39, 0.29) is 11.3 Å². The Kier molecular flexibility index (Phi) is 2.89. The van der Waals surface area contributed by atoms with Crippen molar-refractivity contribution in [2.24, 2.45) is 5.11 Å². The molecule has 0 fully saturated rings. The molecule has 1 rings (SSSR count). The quantitative estimate of drug-likeness (QED) is 0.450. The van der Waals surface area contributed by atoms with Gasteiger partial charge in [0.25, 0.3) is 0 Å². The Hall–Kier alpha value is -2.26. The van der Waals surface area contributed by atoms with Gasteiger partial charge in [0.2, 0.25) is 0 Å². The summed E-state index contributed by atoms with van der Waals surface area (Å²) in [6, 6.07) is 4.57. The molecule has 0 spiro atoms. The highest BCUT2D eigenvalue weighted by Crippen LogP contribution is 2.25. The average molecular weight is 189 g/mol. The Bertz CT molecular complexity index is 434. The maximum absolute atomic E-state index is 10.7. The van der Waals surface area contributed by atoms with Crippen LogP contribution < -0.4 is 0 Å². The molecular formula is C9H7N3O2. The number of rotatable bonds is 3. The monoisotopic (exact) mass is 189 g/mol. The van der Waals surface area contributed by atoms with Gasteiger partial charge in [-0.1, -0.05) is 29.9 Å². The lowest BCUT2D eigenvalue weighted by atomic mass is 10.1. The Morgan fingerprint density at radius 2 is 2.36 bits per heavy atom. The summed E-state index contributed by atoms with van der Waals surface area (Å²) in [6.07, 6.45) is 1.44. The summed E-state index contributed by atoms with van der Waals surface area (Å²) in [7, 11) is 0. The molecule has 0 bridgehead atoms. The Labute approximate surface area is 79.9 Å². The second kappa shape index (κ2) is 4.11. The molecule has 0 amide bonds. The summed E-state index contributed by atoms with van der Waals surface area (Å²) >= 11 is 0. The highest BCUT2D eigenvalue weighted by Gasteiger charge is 2.10. The van der Waals surface area contributed by atoms with Crippen LogP contribution in [0.25, 0.3) is 16.5 Å². The Morgan fingerprint density at radius 1 is 1.64 bits per heavy atom. The van der Waals surface area contributed by atoms with E-state index in [1.807, 2.05) is 0 Å². The number of benzene rings is 1. The molecule has 0 radical (unpaired) electrons. The zero-order valence-corrected chi connectivity index (χ0v) is 7.21. The van der Waals surface area contributed by atoms with E-state index < -0.39 is 5.97 Å². The predicted octanol–water partition coefficient (Wildman–Crippen LogP) is 2.97. The van der Waals surface area contributed by atoms with Crippen LogP contribution in [-0.2, 0) is 0 Å². The third-order valence-corrected chi connectivity index (χ3v) is 1.66. The molecule has 0 heterocycles. The van der Waals surface area contributed by atoms with Gasteiger partial charge in [0.15, 0.2) is 0 Å². The Morgan fingerprint density at radius 3 is 2.86 bits per heavy atom. The third kappa shape index (κ3) is 1.73. The summed E-state index contributed by atoms with van der Waals surface area (Å²) in [5.74, 6) is -1.13. The number of hydrogen-bond donors (Lipinski definition) is 1. The van der Waals surface area contributed by atoms with Crippen molar-refractivity contribution in [3.8, 4) is 0 Å². The van der Waals surface area contributed by atoms with Crippen molar-refractivity contribution in [2.45, 2.75) is 0 Å². The van der Waals surface area contributed by atoms with Crippen molar-refractivity contribution < 1.29 is 9.90 Å². The molecule has 0 atom stereocenters. The first kappa shape index (κ1) is 9.83. The van der Waals surface area contributed by atoms with E-state index in [1.165, 1.54) is 12.1 Å². The van der Waals surface area contributed by atoms with Crippen LogP contribution in [0.5, 0.6) is 0 Å². The highest BCUT2D eigenvalue weighted by molar-refractivity contribution is 5.95. The lowest BCUT2D eigenvalue weighted by molar-refractivity contribution is 0.0698. The molecule has 0 aliphatic rings. The van der Waals surface area contributed by atoms with Crippen LogP contribution in [0.3, 0.4) is 0 Å². The SMILES string of the molecule is C=Cc1cccc(C(=O)O)c1N=[N+]=[N-]. The number of carbonyl (C=O) groups is 1. The average Bonchev–Trinajstić information content (AvgIpc) is 2.18. The van der Waals surface area contributed by atoms with E-state index in [4.69, 9.17) is 10.6 Å². The molecule has 0 saturated carbocycles. The smallest absolute Gasteiger partial charge is 0.336 e. The zero-order chi connectivity index (χ0) is 10.6. The van der Waals surface area contributed by atoms with Gasteiger partial charge in [-0.05, 0) is 17.2 Å². The number of aromatic carboxylic acids is 1. The van der Waals surface area contributed by atoms with Crippen LogP contribution in [0.15, 0.2) is 29.9 Å². The van der Waals surface area contributed by atoms with Gasteiger partial charge in [0.1, 0.15) is 0 Å². The van der Waals surface area contributed by atoms with Crippen molar-refractivity contribution in [1.82, 2.24) is 0 Å². The second-order valence-electron chi connectivity index (χ2n) is 2.44. The third-order valence-electron chi connectivity index (χ3n) is 1.66. The van der Waals surface area contributed by atoms with Gasteiger partial charge < -0.3 is 5.11 Å². The van der Waals surface area contributed by atoms with Gasteiger partial charge in [-0.2, -0.15) is 0 Å². The van der Waals surface area contributed by atoms with E-state index in [9.17, 15) is 4.79 Å². The van der Waals surface area contributed by atoms with Crippen molar-refractivity contribution in [3.63, 3.8) is 0 Å². The summed E-state index contributed by atoms with van der Waals surface area (Å²) in [5.41, 5.74) is 8.85. The van der Waals surface area contributed by atoms with E-state index in [0.29, 0.717) is 5.56 Å². The molecule has 0 aromatic heterocycles. The first-order valence-electron chi connectivity index (χ1n) is 3.74. The van der Waals surface area contributed by atoms with Crippen molar-refractivity contribution in [1.29, 1.82) is 0 Å².